The van der Waals surface area contributed by atoms with E-state index in [0.717, 1.165) is 11.8 Å². The molecule has 3 nitrogen and oxygen atoms in total. The molecule has 0 spiro atoms. The topological polar surface area (TPSA) is 49.3 Å². The van der Waals surface area contributed by atoms with Gasteiger partial charge in [-0.05, 0) is 0 Å². The molecule has 0 aliphatic carbocycles. The maximum Gasteiger partial charge on any atom is 0.321 e. The highest BCUT2D eigenvalue weighted by Gasteiger charge is 2.41. The maximum absolute atomic E-state index is 13.6. The molecule has 1 aliphatic heterocycles. The monoisotopic (exact) mass is 313 g/mol. The number of nitrogens with one attached hydrogen (secondary N) is 1. The Morgan fingerprint density at radius 1 is 1.05 bits per heavy atom. The van der Waals surface area contributed by atoms with E-state index in [1.165, 1.54) is 6.92 Å². The van der Waals surface area contributed by atoms with Gasteiger partial charge in [0.05, 0.1) is 10.9 Å². The number of aliphatic carboxylic acids is 1. The van der Waals surface area contributed by atoms with Crippen LogP contribution in [0.3, 0.4) is 0 Å². The van der Waals surface area contributed by atoms with Crippen LogP contribution in [0.2, 0.25) is 0 Å². The molecule has 1 aliphatic rings. The normalized spacial score (nSPS) is 26.0. The zero-order valence-corrected chi connectivity index (χ0v) is 10.7. The van der Waals surface area contributed by atoms with Gasteiger partial charge in [0.2, 0.25) is 5.82 Å². The minimum atomic E-state index is -2.24. The molecule has 2 N–H and O–H groups in total. The molecule has 1 saturated heterocycles. The van der Waals surface area contributed by atoms with Crippen LogP contribution in [-0.4, -0.2) is 22.4 Å². The number of halogens is 5. The molecule has 1 fully saturated rings. The Morgan fingerprint density at radius 3 is 1.90 bits per heavy atom. The minimum absolute atomic E-state index is 0.590. The Bertz CT molecular complexity index is 553. The molecule has 2 rings (SSSR count). The van der Waals surface area contributed by atoms with E-state index in [1.807, 2.05) is 0 Å². The Kier molecular flexibility index (Phi) is 3.92. The summed E-state index contributed by atoms with van der Waals surface area (Å²) in [7, 11) is 0. The summed E-state index contributed by atoms with van der Waals surface area (Å²) >= 11 is 0.779. The zero-order chi connectivity index (χ0) is 15.2. The highest BCUT2D eigenvalue weighted by Crippen LogP contribution is 2.41. The number of thioether (sulfide) groups is 1. The lowest BCUT2D eigenvalue weighted by molar-refractivity contribution is -0.139. The molecule has 0 amide bonds. The number of hydrogen-bond acceptors (Lipinski definition) is 3. The van der Waals surface area contributed by atoms with Gasteiger partial charge in [0, 0.05) is 5.25 Å². The predicted molar refractivity (Wildman–Crippen MR) is 60.6 cm³/mol. The van der Waals surface area contributed by atoms with Crippen molar-refractivity contribution in [3.8, 4) is 0 Å². The minimum Gasteiger partial charge on any atom is -0.480 e. The van der Waals surface area contributed by atoms with Crippen molar-refractivity contribution in [3.63, 3.8) is 0 Å². The third-order valence-electron chi connectivity index (χ3n) is 2.92. The fraction of sp³-hybridized carbons (Fsp3) is 0.364. The third kappa shape index (κ3) is 2.24. The summed E-state index contributed by atoms with van der Waals surface area (Å²) in [5.41, 5.74) is -1.05. The molecule has 3 atom stereocenters. The van der Waals surface area contributed by atoms with E-state index in [2.05, 4.69) is 5.32 Å². The van der Waals surface area contributed by atoms with Gasteiger partial charge < -0.3 is 5.11 Å². The highest BCUT2D eigenvalue weighted by atomic mass is 32.2. The van der Waals surface area contributed by atoms with Crippen LogP contribution in [0.15, 0.2) is 0 Å². The van der Waals surface area contributed by atoms with Crippen LogP contribution in [0, 0.1) is 29.1 Å². The van der Waals surface area contributed by atoms with Crippen molar-refractivity contribution in [2.45, 2.75) is 23.6 Å². The number of hydrogen-bond donors (Lipinski definition) is 2. The molecule has 0 radical (unpaired) electrons. The molecular formula is C11H8F5NO2S. The van der Waals surface area contributed by atoms with Gasteiger partial charge in [-0.25, -0.2) is 22.0 Å². The summed E-state index contributed by atoms with van der Waals surface area (Å²) in [4.78, 5) is 10.9. The second-order valence-corrected chi connectivity index (χ2v) is 5.67. The van der Waals surface area contributed by atoms with Crippen molar-refractivity contribution in [2.24, 2.45) is 0 Å². The molecule has 1 heterocycles. The lowest BCUT2D eigenvalue weighted by Crippen LogP contribution is -2.37. The van der Waals surface area contributed by atoms with Crippen LogP contribution in [0.5, 0.6) is 0 Å². The first-order valence-corrected chi connectivity index (χ1v) is 6.35. The van der Waals surface area contributed by atoms with Crippen molar-refractivity contribution in [3.05, 3.63) is 34.6 Å². The molecule has 1 aromatic carbocycles. The van der Waals surface area contributed by atoms with E-state index in [1.54, 1.807) is 0 Å². The fourth-order valence-corrected chi connectivity index (χ4v) is 3.26. The summed E-state index contributed by atoms with van der Waals surface area (Å²) in [6.07, 6.45) is 0. The van der Waals surface area contributed by atoms with E-state index < -0.39 is 57.3 Å². The van der Waals surface area contributed by atoms with Crippen LogP contribution >= 0.6 is 11.8 Å². The number of carboxylic acid groups (broad SMARTS) is 1. The van der Waals surface area contributed by atoms with Crippen molar-refractivity contribution in [1.82, 2.24) is 5.32 Å². The summed E-state index contributed by atoms with van der Waals surface area (Å²) < 4.78 is 66.3. The maximum atomic E-state index is 13.6. The van der Waals surface area contributed by atoms with Crippen LogP contribution < -0.4 is 5.32 Å². The van der Waals surface area contributed by atoms with Gasteiger partial charge in [-0.1, -0.05) is 6.92 Å². The Hall–Kier alpha value is -1.35. The molecule has 1 aromatic rings. The van der Waals surface area contributed by atoms with E-state index in [9.17, 15) is 26.7 Å². The largest absolute Gasteiger partial charge is 0.480 e. The van der Waals surface area contributed by atoms with E-state index in [0.29, 0.717) is 0 Å². The second kappa shape index (κ2) is 5.21. The van der Waals surface area contributed by atoms with E-state index in [-0.39, 0.29) is 0 Å². The molecule has 20 heavy (non-hydrogen) atoms. The molecule has 9 heteroatoms. The average molecular weight is 313 g/mol. The number of benzene rings is 1. The molecule has 0 bridgehead atoms. The van der Waals surface area contributed by atoms with Crippen molar-refractivity contribution < 1.29 is 31.9 Å². The molecule has 0 aromatic heterocycles. The molecule has 110 valence electrons. The summed E-state index contributed by atoms with van der Waals surface area (Å²) in [6, 6.07) is -1.14. The third-order valence-corrected chi connectivity index (χ3v) is 4.27. The van der Waals surface area contributed by atoms with Gasteiger partial charge in [-0.15, -0.1) is 11.8 Å². The van der Waals surface area contributed by atoms with Crippen molar-refractivity contribution >= 4 is 17.7 Å². The summed E-state index contributed by atoms with van der Waals surface area (Å²) in [6.45, 7) is 1.47. The number of carbonyl (C=O) groups is 1. The van der Waals surface area contributed by atoms with Gasteiger partial charge in [0.1, 0.15) is 6.04 Å². The highest BCUT2D eigenvalue weighted by molar-refractivity contribution is 8.00. The Morgan fingerprint density at radius 2 is 1.50 bits per heavy atom. The van der Waals surface area contributed by atoms with Gasteiger partial charge in [0.25, 0.3) is 0 Å². The van der Waals surface area contributed by atoms with Gasteiger partial charge in [0.15, 0.2) is 23.3 Å². The predicted octanol–water partition coefficient (Wildman–Crippen LogP) is 2.56. The first-order valence-electron chi connectivity index (χ1n) is 5.41. The quantitative estimate of drug-likeness (QED) is 0.500. The molecule has 0 saturated carbocycles. The lowest BCUT2D eigenvalue weighted by Gasteiger charge is -2.14. The Labute approximate surface area is 114 Å². The molecular weight excluding hydrogens is 305 g/mol. The van der Waals surface area contributed by atoms with Crippen molar-refractivity contribution in [2.75, 3.05) is 0 Å². The van der Waals surface area contributed by atoms with Gasteiger partial charge in [-0.3, -0.25) is 10.1 Å². The fourth-order valence-electron chi connectivity index (χ4n) is 1.91. The van der Waals surface area contributed by atoms with Crippen LogP contribution in [0.1, 0.15) is 17.9 Å². The lowest BCUT2D eigenvalue weighted by atomic mass is 10.1. The summed E-state index contributed by atoms with van der Waals surface area (Å²) in [5.74, 6) is -11.5. The zero-order valence-electron chi connectivity index (χ0n) is 9.89. The SMILES string of the molecule is CC1SC(c2c(F)c(F)c(F)c(F)c2F)NC1C(=O)O. The second-order valence-electron chi connectivity index (χ2n) is 4.19. The van der Waals surface area contributed by atoms with Crippen LogP contribution in [-0.2, 0) is 4.79 Å². The number of rotatable bonds is 2. The van der Waals surface area contributed by atoms with Crippen LogP contribution in [0.25, 0.3) is 0 Å². The van der Waals surface area contributed by atoms with Gasteiger partial charge >= 0.3 is 5.97 Å². The van der Waals surface area contributed by atoms with Crippen molar-refractivity contribution in [1.29, 1.82) is 0 Å². The standard InChI is InChI=1S/C11H8F5NO2S/c1-2-9(11(18)19)17-10(20-2)3-4(12)6(14)8(16)7(15)5(3)13/h2,9-10,17H,1H3,(H,18,19). The first-order chi connectivity index (χ1) is 9.25. The van der Waals surface area contributed by atoms with E-state index >= 15 is 0 Å². The summed E-state index contributed by atoms with van der Waals surface area (Å²) in [5, 5.41) is 9.29. The smallest absolute Gasteiger partial charge is 0.321 e. The van der Waals surface area contributed by atoms with Crippen LogP contribution in [0.4, 0.5) is 22.0 Å². The average Bonchev–Trinajstić information content (AvgIpc) is 2.76. The Balaban J connectivity index is 2.48. The van der Waals surface area contributed by atoms with Gasteiger partial charge in [-0.2, -0.15) is 0 Å². The number of carboxylic acids is 1. The molecule has 3 unspecified atom stereocenters. The van der Waals surface area contributed by atoms with E-state index in [4.69, 9.17) is 5.11 Å². The first kappa shape index (κ1) is 15.0.